The molecule has 0 aliphatic rings. The van der Waals surface area contributed by atoms with E-state index in [1.54, 1.807) is 0 Å². The molecule has 0 fully saturated rings. The van der Waals surface area contributed by atoms with E-state index in [1.807, 2.05) is 13.8 Å². The van der Waals surface area contributed by atoms with Crippen molar-refractivity contribution in [3.8, 4) is 17.0 Å². The molecule has 0 bridgehead atoms. The number of nitrogens with two attached hydrogens (primary N) is 1. The molecule has 0 saturated heterocycles. The molecule has 3 N–H and O–H groups in total. The smallest absolute Gasteiger partial charge is 0.280 e. The van der Waals surface area contributed by atoms with E-state index in [2.05, 4.69) is 9.97 Å². The van der Waals surface area contributed by atoms with E-state index in [0.717, 1.165) is 24.5 Å². The van der Waals surface area contributed by atoms with Crippen molar-refractivity contribution in [3.63, 3.8) is 0 Å². The largest absolute Gasteiger partial charge is 0.489 e. The van der Waals surface area contributed by atoms with Crippen LogP contribution in [0, 0.1) is 5.92 Å². The summed E-state index contributed by atoms with van der Waals surface area (Å²) in [5, 5.41) is 9.61. The Morgan fingerprint density at radius 1 is 1.11 bits per heavy atom. The van der Waals surface area contributed by atoms with E-state index in [9.17, 15) is 22.7 Å². The zero-order valence-electron chi connectivity index (χ0n) is 15.6. The summed E-state index contributed by atoms with van der Waals surface area (Å²) in [7, 11) is 0. The minimum Gasteiger partial charge on any atom is -0.489 e. The van der Waals surface area contributed by atoms with Gasteiger partial charge in [-0.05, 0) is 30.5 Å². The zero-order valence-corrected chi connectivity index (χ0v) is 15.6. The van der Waals surface area contributed by atoms with Gasteiger partial charge in [0, 0.05) is 18.0 Å². The molecule has 5 nitrogen and oxygen atoms in total. The number of halogens is 4. The Morgan fingerprint density at radius 2 is 1.79 bits per heavy atom. The van der Waals surface area contributed by atoms with Gasteiger partial charge in [0.15, 0.2) is 5.75 Å². The van der Waals surface area contributed by atoms with E-state index >= 15 is 0 Å². The normalized spacial score (nSPS) is 14.0. The van der Waals surface area contributed by atoms with Crippen LogP contribution in [0.2, 0.25) is 0 Å². The maximum atomic E-state index is 13.5. The number of nitrogens with zero attached hydrogens (tertiary/aromatic N) is 2. The number of rotatable bonds is 9. The van der Waals surface area contributed by atoms with Gasteiger partial charge in [-0.1, -0.05) is 13.8 Å². The van der Waals surface area contributed by atoms with Crippen LogP contribution in [-0.4, -0.2) is 33.8 Å². The summed E-state index contributed by atoms with van der Waals surface area (Å²) >= 11 is 0. The topological polar surface area (TPSA) is 81.3 Å². The third-order valence-corrected chi connectivity index (χ3v) is 4.08. The fraction of sp³-hybridized carbons (Fsp3) is 0.474. The molecule has 0 radical (unpaired) electrons. The van der Waals surface area contributed by atoms with Crippen LogP contribution < -0.4 is 10.5 Å². The molecule has 1 atom stereocenters. The Bertz CT molecular complexity index is 790. The maximum absolute atomic E-state index is 13.5. The summed E-state index contributed by atoms with van der Waals surface area (Å²) in [6.07, 6.45) is -2.99. The molecule has 2 heterocycles. The summed E-state index contributed by atoms with van der Waals surface area (Å²) in [5.74, 6) is -0.117. The highest BCUT2D eigenvalue weighted by molar-refractivity contribution is 5.68. The van der Waals surface area contributed by atoms with E-state index in [-0.39, 0.29) is 29.5 Å². The van der Waals surface area contributed by atoms with Crippen LogP contribution in [0.15, 0.2) is 30.6 Å². The lowest BCUT2D eigenvalue weighted by Gasteiger charge is -2.29. The van der Waals surface area contributed by atoms with Crippen molar-refractivity contribution < 1.29 is 27.4 Å². The lowest BCUT2D eigenvalue weighted by atomic mass is 9.91. The molecule has 9 heteroatoms. The molecule has 0 amide bonds. The Kier molecular flexibility index (Phi) is 7.31. The standard InChI is InChI=1S/C19H23F4N3O2/c1-11(2)8-19(24,9-27)10-28-16-13(17(20)21)4-6-26-15(16)12-3-5-25-14(7-12)18(22)23/h3-7,11,17-18,27H,8-10,24H2,1-2H3. The summed E-state index contributed by atoms with van der Waals surface area (Å²) in [6.45, 7) is 3.16. The predicted octanol–water partition coefficient (Wildman–Crippen LogP) is 4.13. The lowest BCUT2D eigenvalue weighted by molar-refractivity contribution is 0.108. The Morgan fingerprint density at radius 3 is 2.36 bits per heavy atom. The molecule has 2 rings (SSSR count). The molecule has 28 heavy (non-hydrogen) atoms. The van der Waals surface area contributed by atoms with Crippen molar-refractivity contribution in [2.75, 3.05) is 13.2 Å². The van der Waals surface area contributed by atoms with E-state index in [4.69, 9.17) is 10.5 Å². The van der Waals surface area contributed by atoms with Gasteiger partial charge >= 0.3 is 0 Å². The van der Waals surface area contributed by atoms with Crippen molar-refractivity contribution in [1.29, 1.82) is 0 Å². The number of hydrogen-bond donors (Lipinski definition) is 2. The molecule has 154 valence electrons. The van der Waals surface area contributed by atoms with Crippen LogP contribution in [0.4, 0.5) is 17.6 Å². The highest BCUT2D eigenvalue weighted by atomic mass is 19.3. The molecule has 0 spiro atoms. The summed E-state index contributed by atoms with van der Waals surface area (Å²) in [6, 6.07) is 3.55. The van der Waals surface area contributed by atoms with Crippen molar-refractivity contribution in [2.24, 2.45) is 11.7 Å². The first kappa shape index (κ1) is 22.0. The van der Waals surface area contributed by atoms with Gasteiger partial charge in [-0.15, -0.1) is 0 Å². The number of aliphatic hydroxyl groups excluding tert-OH is 1. The first-order valence-corrected chi connectivity index (χ1v) is 8.71. The van der Waals surface area contributed by atoms with Crippen molar-refractivity contribution in [2.45, 2.75) is 38.7 Å². The van der Waals surface area contributed by atoms with Gasteiger partial charge in [0.25, 0.3) is 12.9 Å². The molecule has 2 aromatic heterocycles. The third-order valence-electron chi connectivity index (χ3n) is 4.08. The first-order valence-electron chi connectivity index (χ1n) is 8.71. The second-order valence-electron chi connectivity index (χ2n) is 7.06. The maximum Gasteiger partial charge on any atom is 0.280 e. The first-order chi connectivity index (χ1) is 13.2. The molecule has 1 unspecified atom stereocenters. The van der Waals surface area contributed by atoms with Gasteiger partial charge in [0.2, 0.25) is 0 Å². The Labute approximate surface area is 160 Å². The second kappa shape index (κ2) is 9.29. The Balaban J connectivity index is 2.46. The van der Waals surface area contributed by atoms with Crippen molar-refractivity contribution in [3.05, 3.63) is 41.9 Å². The van der Waals surface area contributed by atoms with Gasteiger partial charge in [-0.25, -0.2) is 17.6 Å². The molecule has 0 aliphatic heterocycles. The van der Waals surface area contributed by atoms with E-state index in [0.29, 0.717) is 6.42 Å². The van der Waals surface area contributed by atoms with Gasteiger partial charge in [-0.2, -0.15) is 0 Å². The van der Waals surface area contributed by atoms with Crippen LogP contribution in [-0.2, 0) is 0 Å². The molecule has 0 aliphatic carbocycles. The van der Waals surface area contributed by atoms with Gasteiger partial charge in [0.05, 0.1) is 17.7 Å². The van der Waals surface area contributed by atoms with Crippen molar-refractivity contribution >= 4 is 0 Å². The number of alkyl halides is 4. The molecule has 0 aromatic carbocycles. The number of aliphatic hydroxyl groups is 1. The summed E-state index contributed by atoms with van der Waals surface area (Å²) < 4.78 is 58.6. The number of ether oxygens (including phenoxy) is 1. The predicted molar refractivity (Wildman–Crippen MR) is 96.3 cm³/mol. The van der Waals surface area contributed by atoms with Crippen LogP contribution in [0.25, 0.3) is 11.3 Å². The van der Waals surface area contributed by atoms with Gasteiger partial charge < -0.3 is 15.6 Å². The van der Waals surface area contributed by atoms with Crippen LogP contribution in [0.1, 0.15) is 44.4 Å². The quantitative estimate of drug-likeness (QED) is 0.618. The number of aromatic nitrogens is 2. The SMILES string of the molecule is CC(C)CC(N)(CO)COc1c(C(F)F)ccnc1-c1ccnc(C(F)F)c1. The fourth-order valence-corrected chi connectivity index (χ4v) is 2.91. The summed E-state index contributed by atoms with van der Waals surface area (Å²) in [4.78, 5) is 7.61. The van der Waals surface area contributed by atoms with Crippen LogP contribution in [0.3, 0.4) is 0 Å². The van der Waals surface area contributed by atoms with Gasteiger partial charge in [0.1, 0.15) is 18.0 Å². The lowest BCUT2D eigenvalue weighted by Crippen LogP contribution is -2.50. The Hall–Kier alpha value is -2.26. The minimum atomic E-state index is -2.88. The second-order valence-corrected chi connectivity index (χ2v) is 7.06. The molecule has 0 saturated carbocycles. The van der Waals surface area contributed by atoms with Crippen LogP contribution in [0.5, 0.6) is 5.75 Å². The number of hydrogen-bond acceptors (Lipinski definition) is 5. The monoisotopic (exact) mass is 401 g/mol. The molecular weight excluding hydrogens is 378 g/mol. The van der Waals surface area contributed by atoms with Gasteiger partial charge in [-0.3, -0.25) is 9.97 Å². The van der Waals surface area contributed by atoms with Crippen LogP contribution >= 0.6 is 0 Å². The van der Waals surface area contributed by atoms with E-state index in [1.165, 1.54) is 6.07 Å². The van der Waals surface area contributed by atoms with Crippen molar-refractivity contribution in [1.82, 2.24) is 9.97 Å². The molecule has 2 aromatic rings. The van der Waals surface area contributed by atoms with E-state index < -0.39 is 36.3 Å². The minimum absolute atomic E-state index is 0.0214. The molecular formula is C19H23F4N3O2. The average molecular weight is 401 g/mol. The zero-order chi connectivity index (χ0) is 20.9. The summed E-state index contributed by atoms with van der Waals surface area (Å²) in [5.41, 5.74) is 4.19. The number of pyridine rings is 2. The fourth-order valence-electron chi connectivity index (χ4n) is 2.91. The highest BCUT2D eigenvalue weighted by Crippen LogP contribution is 2.37. The average Bonchev–Trinajstić information content (AvgIpc) is 2.65. The highest BCUT2D eigenvalue weighted by Gasteiger charge is 2.29. The third kappa shape index (κ3) is 5.39.